The van der Waals surface area contributed by atoms with Crippen LogP contribution >= 0.6 is 0 Å². The SMILES string of the molecule is CC(C)[C@@H]1c2nc[nH]c2CCN1Cc1ccccc1OCCO. The molecule has 1 aliphatic rings. The van der Waals surface area contributed by atoms with Crippen LogP contribution in [-0.4, -0.2) is 39.7 Å². The molecule has 1 aromatic heterocycles. The molecule has 0 aliphatic carbocycles. The normalized spacial score (nSPS) is 18.2. The van der Waals surface area contributed by atoms with Crippen LogP contribution in [0, 0.1) is 5.92 Å². The van der Waals surface area contributed by atoms with Gasteiger partial charge in [0.25, 0.3) is 0 Å². The van der Waals surface area contributed by atoms with Crippen molar-refractivity contribution in [1.29, 1.82) is 0 Å². The molecule has 3 rings (SSSR count). The maximum atomic E-state index is 8.99. The summed E-state index contributed by atoms with van der Waals surface area (Å²) in [7, 11) is 0. The number of aromatic nitrogens is 2. The molecular formula is C18H25N3O2. The van der Waals surface area contributed by atoms with Crippen molar-refractivity contribution in [3.8, 4) is 5.75 Å². The number of H-pyrrole nitrogens is 1. The Kier molecular flexibility index (Phi) is 4.98. The molecule has 0 spiro atoms. The van der Waals surface area contributed by atoms with Crippen LogP contribution in [0.5, 0.6) is 5.75 Å². The number of hydrogen-bond acceptors (Lipinski definition) is 4. The highest BCUT2D eigenvalue weighted by molar-refractivity contribution is 5.34. The van der Waals surface area contributed by atoms with Crippen molar-refractivity contribution in [3.63, 3.8) is 0 Å². The van der Waals surface area contributed by atoms with Crippen molar-refractivity contribution in [2.24, 2.45) is 5.92 Å². The van der Waals surface area contributed by atoms with E-state index in [1.54, 1.807) is 0 Å². The van der Waals surface area contributed by atoms with Gasteiger partial charge in [0.1, 0.15) is 12.4 Å². The Morgan fingerprint density at radius 3 is 3.00 bits per heavy atom. The van der Waals surface area contributed by atoms with Gasteiger partial charge in [-0.1, -0.05) is 32.0 Å². The quantitative estimate of drug-likeness (QED) is 0.860. The van der Waals surface area contributed by atoms with E-state index in [2.05, 4.69) is 34.8 Å². The zero-order valence-electron chi connectivity index (χ0n) is 13.8. The summed E-state index contributed by atoms with van der Waals surface area (Å²) in [6.07, 6.45) is 2.81. The number of imidazole rings is 1. The van der Waals surface area contributed by atoms with E-state index in [4.69, 9.17) is 9.84 Å². The van der Waals surface area contributed by atoms with Crippen molar-refractivity contribution in [1.82, 2.24) is 14.9 Å². The Labute approximate surface area is 137 Å². The molecule has 0 fully saturated rings. The topological polar surface area (TPSA) is 61.4 Å². The maximum absolute atomic E-state index is 8.99. The summed E-state index contributed by atoms with van der Waals surface area (Å²) in [4.78, 5) is 10.3. The predicted molar refractivity (Wildman–Crippen MR) is 89.3 cm³/mol. The lowest BCUT2D eigenvalue weighted by Gasteiger charge is -2.37. The van der Waals surface area contributed by atoms with Gasteiger partial charge in [-0.3, -0.25) is 4.90 Å². The van der Waals surface area contributed by atoms with Gasteiger partial charge in [0.2, 0.25) is 0 Å². The van der Waals surface area contributed by atoms with E-state index in [1.165, 1.54) is 11.4 Å². The van der Waals surface area contributed by atoms with Gasteiger partial charge in [0.15, 0.2) is 0 Å². The average Bonchev–Trinajstić information content (AvgIpc) is 3.02. The Morgan fingerprint density at radius 2 is 2.22 bits per heavy atom. The van der Waals surface area contributed by atoms with Gasteiger partial charge in [-0.25, -0.2) is 4.98 Å². The smallest absolute Gasteiger partial charge is 0.123 e. The number of aliphatic hydroxyl groups is 1. The van der Waals surface area contributed by atoms with Gasteiger partial charge in [-0.2, -0.15) is 0 Å². The summed E-state index contributed by atoms with van der Waals surface area (Å²) >= 11 is 0. The first kappa shape index (κ1) is 16.0. The van der Waals surface area contributed by atoms with Crippen molar-refractivity contribution < 1.29 is 9.84 Å². The lowest BCUT2D eigenvalue weighted by atomic mass is 9.92. The summed E-state index contributed by atoms with van der Waals surface area (Å²) < 4.78 is 5.68. The number of fused-ring (bicyclic) bond motifs is 1. The summed E-state index contributed by atoms with van der Waals surface area (Å²) in [5, 5.41) is 8.99. The highest BCUT2D eigenvalue weighted by atomic mass is 16.5. The van der Waals surface area contributed by atoms with E-state index < -0.39 is 0 Å². The van der Waals surface area contributed by atoms with Crippen LogP contribution in [-0.2, 0) is 13.0 Å². The number of nitrogens with one attached hydrogen (secondary N) is 1. The summed E-state index contributed by atoms with van der Waals surface area (Å²) in [5.74, 6) is 1.35. The van der Waals surface area contributed by atoms with Gasteiger partial charge < -0.3 is 14.8 Å². The van der Waals surface area contributed by atoms with Crippen molar-refractivity contribution in [3.05, 3.63) is 47.5 Å². The molecule has 0 bridgehead atoms. The van der Waals surface area contributed by atoms with Crippen LogP contribution in [0.3, 0.4) is 0 Å². The number of nitrogens with zero attached hydrogens (tertiary/aromatic N) is 2. The largest absolute Gasteiger partial charge is 0.491 e. The van der Waals surface area contributed by atoms with E-state index in [0.717, 1.165) is 30.8 Å². The molecule has 0 saturated heterocycles. The average molecular weight is 315 g/mol. The minimum absolute atomic E-state index is 0.0310. The number of aromatic amines is 1. The van der Waals surface area contributed by atoms with Crippen molar-refractivity contribution >= 4 is 0 Å². The van der Waals surface area contributed by atoms with E-state index >= 15 is 0 Å². The first-order valence-electron chi connectivity index (χ1n) is 8.28. The third-order valence-electron chi connectivity index (χ3n) is 4.40. The molecule has 5 nitrogen and oxygen atoms in total. The number of hydrogen-bond donors (Lipinski definition) is 2. The Hall–Kier alpha value is -1.85. The second-order valence-corrected chi connectivity index (χ2v) is 6.36. The second-order valence-electron chi connectivity index (χ2n) is 6.36. The van der Waals surface area contributed by atoms with Crippen LogP contribution in [0.4, 0.5) is 0 Å². The molecule has 0 radical (unpaired) electrons. The minimum atomic E-state index is 0.0310. The number of para-hydroxylation sites is 1. The standard InChI is InChI=1S/C18H25N3O2/c1-13(2)18-17-15(19-12-20-17)7-8-21(18)11-14-5-3-4-6-16(14)23-10-9-22/h3-6,12-13,18,22H,7-11H2,1-2H3,(H,19,20)/t18-/m1/s1. The molecule has 2 aromatic rings. The van der Waals surface area contributed by atoms with Gasteiger partial charge in [0.05, 0.1) is 24.7 Å². The Morgan fingerprint density at radius 1 is 1.39 bits per heavy atom. The van der Waals surface area contributed by atoms with Crippen LogP contribution in [0.1, 0.15) is 36.8 Å². The molecule has 1 aliphatic heterocycles. The molecule has 5 heteroatoms. The van der Waals surface area contributed by atoms with Gasteiger partial charge in [-0.05, 0) is 12.0 Å². The van der Waals surface area contributed by atoms with Gasteiger partial charge >= 0.3 is 0 Å². The van der Waals surface area contributed by atoms with E-state index in [9.17, 15) is 0 Å². The molecule has 23 heavy (non-hydrogen) atoms. The van der Waals surface area contributed by atoms with Crippen LogP contribution < -0.4 is 4.74 Å². The minimum Gasteiger partial charge on any atom is -0.491 e. The lowest BCUT2D eigenvalue weighted by Crippen LogP contribution is -2.37. The zero-order valence-corrected chi connectivity index (χ0v) is 13.8. The third kappa shape index (κ3) is 3.41. The van der Waals surface area contributed by atoms with Crippen molar-refractivity contribution in [2.75, 3.05) is 19.8 Å². The highest BCUT2D eigenvalue weighted by Crippen LogP contribution is 2.35. The number of benzene rings is 1. The fourth-order valence-electron chi connectivity index (χ4n) is 3.42. The molecule has 1 atom stereocenters. The number of aliphatic hydroxyl groups excluding tert-OH is 1. The lowest BCUT2D eigenvalue weighted by molar-refractivity contribution is 0.129. The molecule has 0 amide bonds. The van der Waals surface area contributed by atoms with Crippen molar-refractivity contribution in [2.45, 2.75) is 32.9 Å². The molecule has 0 unspecified atom stereocenters. The van der Waals surface area contributed by atoms with Crippen LogP contribution in [0.2, 0.25) is 0 Å². The zero-order chi connectivity index (χ0) is 16.2. The van der Waals surface area contributed by atoms with Crippen LogP contribution in [0.25, 0.3) is 0 Å². The van der Waals surface area contributed by atoms with E-state index in [1.807, 2.05) is 24.5 Å². The molecule has 0 saturated carbocycles. The van der Waals surface area contributed by atoms with Gasteiger partial charge in [-0.15, -0.1) is 0 Å². The molecule has 1 aromatic carbocycles. The first-order chi connectivity index (χ1) is 11.2. The summed E-state index contributed by atoms with van der Waals surface area (Å²) in [6.45, 7) is 6.69. The number of rotatable bonds is 6. The first-order valence-corrected chi connectivity index (χ1v) is 8.28. The Balaban J connectivity index is 1.82. The maximum Gasteiger partial charge on any atom is 0.123 e. The van der Waals surface area contributed by atoms with E-state index in [0.29, 0.717) is 18.6 Å². The molecule has 2 heterocycles. The summed E-state index contributed by atoms with van der Waals surface area (Å²) in [5.41, 5.74) is 3.61. The third-order valence-corrected chi connectivity index (χ3v) is 4.40. The van der Waals surface area contributed by atoms with E-state index in [-0.39, 0.29) is 6.61 Å². The summed E-state index contributed by atoms with van der Waals surface area (Å²) in [6, 6.07) is 8.40. The molecular weight excluding hydrogens is 290 g/mol. The molecule has 124 valence electrons. The second kappa shape index (κ2) is 7.15. The highest BCUT2D eigenvalue weighted by Gasteiger charge is 2.32. The van der Waals surface area contributed by atoms with Gasteiger partial charge in [0, 0.05) is 30.8 Å². The number of ether oxygens (including phenoxy) is 1. The monoisotopic (exact) mass is 315 g/mol. The predicted octanol–water partition coefficient (Wildman–Crippen LogP) is 2.54. The fraction of sp³-hybridized carbons (Fsp3) is 0.500. The molecule has 2 N–H and O–H groups in total. The fourth-order valence-corrected chi connectivity index (χ4v) is 3.42. The Bertz CT molecular complexity index is 639. The van der Waals surface area contributed by atoms with Crippen LogP contribution in [0.15, 0.2) is 30.6 Å².